The number of amides is 1. The Morgan fingerprint density at radius 2 is 2.05 bits per heavy atom. The number of carbonyl (C=O) groups is 1. The first kappa shape index (κ1) is 15.2. The second-order valence-electron chi connectivity index (χ2n) is 5.48. The van der Waals surface area contributed by atoms with Crippen molar-refractivity contribution in [2.24, 2.45) is 0 Å². The third-order valence-corrected chi connectivity index (χ3v) is 4.90. The normalized spacial score (nSPS) is 22.4. The number of hydrogen-bond acceptors (Lipinski definition) is 4. The van der Waals surface area contributed by atoms with Gasteiger partial charge in [0.15, 0.2) is 0 Å². The van der Waals surface area contributed by atoms with Crippen molar-refractivity contribution in [3.8, 4) is 0 Å². The van der Waals surface area contributed by atoms with Crippen LogP contribution in [0.5, 0.6) is 0 Å². The SMILES string of the molecule is CSC1CCC(Nc2ccnc(C(=O)N(C)C)c2)CC1. The van der Waals surface area contributed by atoms with Crippen LogP contribution in [-0.4, -0.2) is 47.4 Å². The molecule has 1 aromatic heterocycles. The molecule has 1 amide bonds. The first-order chi connectivity index (χ1) is 9.60. The summed E-state index contributed by atoms with van der Waals surface area (Å²) in [5.74, 6) is -0.0558. The molecule has 0 atom stereocenters. The lowest BCUT2D eigenvalue weighted by Crippen LogP contribution is -2.27. The zero-order valence-electron chi connectivity index (χ0n) is 12.4. The molecule has 0 radical (unpaired) electrons. The monoisotopic (exact) mass is 293 g/mol. The standard InChI is InChI=1S/C15H23N3OS/c1-18(2)15(19)14-10-12(8-9-16-14)17-11-4-6-13(20-3)7-5-11/h8-11,13H,4-7H2,1-3H3,(H,16,17). The molecular weight excluding hydrogens is 270 g/mol. The number of nitrogens with zero attached hydrogens (tertiary/aromatic N) is 2. The largest absolute Gasteiger partial charge is 0.382 e. The van der Waals surface area contributed by atoms with Crippen LogP contribution >= 0.6 is 11.8 Å². The summed E-state index contributed by atoms with van der Waals surface area (Å²) in [6.07, 6.45) is 8.84. The van der Waals surface area contributed by atoms with Crippen LogP contribution in [0.1, 0.15) is 36.2 Å². The number of hydrogen-bond donors (Lipinski definition) is 1. The van der Waals surface area contributed by atoms with E-state index in [0.29, 0.717) is 11.7 Å². The minimum Gasteiger partial charge on any atom is -0.382 e. The van der Waals surface area contributed by atoms with E-state index in [4.69, 9.17) is 0 Å². The zero-order valence-corrected chi connectivity index (χ0v) is 13.2. The third-order valence-electron chi connectivity index (χ3n) is 3.76. The van der Waals surface area contributed by atoms with E-state index in [0.717, 1.165) is 10.9 Å². The van der Waals surface area contributed by atoms with Crippen LogP contribution in [0.3, 0.4) is 0 Å². The fraction of sp³-hybridized carbons (Fsp3) is 0.600. The quantitative estimate of drug-likeness (QED) is 0.927. The fourth-order valence-corrected chi connectivity index (χ4v) is 3.29. The Labute approximate surface area is 125 Å². The fourth-order valence-electron chi connectivity index (χ4n) is 2.54. The number of rotatable bonds is 4. The van der Waals surface area contributed by atoms with Gasteiger partial charge in [0.1, 0.15) is 5.69 Å². The lowest BCUT2D eigenvalue weighted by atomic mass is 9.95. The van der Waals surface area contributed by atoms with Gasteiger partial charge in [-0.15, -0.1) is 0 Å². The van der Waals surface area contributed by atoms with Crippen molar-refractivity contribution in [1.29, 1.82) is 0 Å². The molecule has 0 aliphatic heterocycles. The van der Waals surface area contributed by atoms with Crippen LogP contribution in [-0.2, 0) is 0 Å². The molecule has 0 saturated heterocycles. The van der Waals surface area contributed by atoms with Crippen LogP contribution in [0.4, 0.5) is 5.69 Å². The number of pyridine rings is 1. The second-order valence-corrected chi connectivity index (χ2v) is 6.62. The Bertz CT molecular complexity index is 456. The van der Waals surface area contributed by atoms with E-state index >= 15 is 0 Å². The van der Waals surface area contributed by atoms with Crippen molar-refractivity contribution in [2.45, 2.75) is 37.0 Å². The molecule has 4 nitrogen and oxygen atoms in total. The van der Waals surface area contributed by atoms with Crippen LogP contribution in [0.15, 0.2) is 18.3 Å². The molecule has 1 saturated carbocycles. The van der Waals surface area contributed by atoms with E-state index in [9.17, 15) is 4.79 Å². The maximum Gasteiger partial charge on any atom is 0.272 e. The van der Waals surface area contributed by atoms with Crippen molar-refractivity contribution in [1.82, 2.24) is 9.88 Å². The Balaban J connectivity index is 1.97. The summed E-state index contributed by atoms with van der Waals surface area (Å²) in [6.45, 7) is 0. The predicted molar refractivity (Wildman–Crippen MR) is 85.4 cm³/mol. The van der Waals surface area contributed by atoms with Gasteiger partial charge in [0.25, 0.3) is 5.91 Å². The van der Waals surface area contributed by atoms with Crippen molar-refractivity contribution >= 4 is 23.4 Å². The Morgan fingerprint density at radius 3 is 2.65 bits per heavy atom. The third kappa shape index (κ3) is 3.88. The molecule has 1 aromatic rings. The summed E-state index contributed by atoms with van der Waals surface area (Å²) in [7, 11) is 3.49. The molecule has 1 heterocycles. The molecule has 0 unspecified atom stereocenters. The number of anilines is 1. The minimum absolute atomic E-state index is 0.0558. The smallest absolute Gasteiger partial charge is 0.272 e. The topological polar surface area (TPSA) is 45.2 Å². The van der Waals surface area contributed by atoms with Gasteiger partial charge in [-0.2, -0.15) is 11.8 Å². The lowest BCUT2D eigenvalue weighted by Gasteiger charge is -2.28. The summed E-state index contributed by atoms with van der Waals surface area (Å²) in [5.41, 5.74) is 1.50. The van der Waals surface area contributed by atoms with Gasteiger partial charge in [0, 0.05) is 37.3 Å². The van der Waals surface area contributed by atoms with E-state index in [1.54, 1.807) is 25.2 Å². The van der Waals surface area contributed by atoms with Crippen molar-refractivity contribution < 1.29 is 4.79 Å². The molecule has 0 bridgehead atoms. The van der Waals surface area contributed by atoms with Crippen LogP contribution < -0.4 is 5.32 Å². The zero-order chi connectivity index (χ0) is 14.5. The Hall–Kier alpha value is -1.23. The van der Waals surface area contributed by atoms with Gasteiger partial charge < -0.3 is 10.2 Å². The van der Waals surface area contributed by atoms with Crippen molar-refractivity contribution in [3.63, 3.8) is 0 Å². The number of aromatic nitrogens is 1. The maximum atomic E-state index is 11.9. The van der Waals surface area contributed by atoms with Crippen LogP contribution in [0.2, 0.25) is 0 Å². The van der Waals surface area contributed by atoms with Gasteiger partial charge in [-0.1, -0.05) is 0 Å². The average Bonchev–Trinajstić information content (AvgIpc) is 2.47. The van der Waals surface area contributed by atoms with Gasteiger partial charge in [-0.25, -0.2) is 0 Å². The highest BCUT2D eigenvalue weighted by Gasteiger charge is 2.20. The highest BCUT2D eigenvalue weighted by atomic mass is 32.2. The first-order valence-electron chi connectivity index (χ1n) is 7.07. The molecule has 2 rings (SSSR count). The highest BCUT2D eigenvalue weighted by Crippen LogP contribution is 2.28. The second kappa shape index (κ2) is 6.97. The van der Waals surface area contributed by atoms with Crippen LogP contribution in [0.25, 0.3) is 0 Å². The lowest BCUT2D eigenvalue weighted by molar-refractivity contribution is 0.0822. The molecule has 0 aromatic carbocycles. The van der Waals surface area contributed by atoms with Crippen molar-refractivity contribution in [2.75, 3.05) is 25.7 Å². The Kier molecular flexibility index (Phi) is 5.29. The van der Waals surface area contributed by atoms with Crippen LogP contribution in [0, 0.1) is 0 Å². The summed E-state index contributed by atoms with van der Waals surface area (Å²) in [6, 6.07) is 4.30. The summed E-state index contributed by atoms with van der Waals surface area (Å²) >= 11 is 1.98. The van der Waals surface area contributed by atoms with Gasteiger partial charge in [-0.3, -0.25) is 9.78 Å². The molecule has 1 N–H and O–H groups in total. The van der Waals surface area contributed by atoms with E-state index in [-0.39, 0.29) is 5.91 Å². The molecule has 1 aliphatic rings. The van der Waals surface area contributed by atoms with E-state index in [2.05, 4.69) is 16.6 Å². The highest BCUT2D eigenvalue weighted by molar-refractivity contribution is 7.99. The molecule has 20 heavy (non-hydrogen) atoms. The molecule has 1 fully saturated rings. The summed E-state index contributed by atoms with van der Waals surface area (Å²) in [4.78, 5) is 17.6. The van der Waals surface area contributed by atoms with E-state index in [1.807, 2.05) is 23.9 Å². The molecular formula is C15H23N3OS. The molecule has 110 valence electrons. The van der Waals surface area contributed by atoms with Gasteiger partial charge >= 0.3 is 0 Å². The molecule has 5 heteroatoms. The van der Waals surface area contributed by atoms with Crippen molar-refractivity contribution in [3.05, 3.63) is 24.0 Å². The minimum atomic E-state index is -0.0558. The molecule has 1 aliphatic carbocycles. The van der Waals surface area contributed by atoms with Gasteiger partial charge in [0.05, 0.1) is 0 Å². The van der Waals surface area contributed by atoms with Gasteiger partial charge in [0.2, 0.25) is 0 Å². The van der Waals surface area contributed by atoms with E-state index < -0.39 is 0 Å². The predicted octanol–water partition coefficient (Wildman–Crippen LogP) is 2.87. The number of nitrogens with one attached hydrogen (secondary N) is 1. The average molecular weight is 293 g/mol. The maximum absolute atomic E-state index is 11.9. The molecule has 0 spiro atoms. The first-order valence-corrected chi connectivity index (χ1v) is 8.36. The summed E-state index contributed by atoms with van der Waals surface area (Å²) < 4.78 is 0. The Morgan fingerprint density at radius 1 is 1.35 bits per heavy atom. The van der Waals surface area contributed by atoms with E-state index in [1.165, 1.54) is 25.7 Å². The number of thioether (sulfide) groups is 1. The van der Waals surface area contributed by atoms with Gasteiger partial charge in [-0.05, 0) is 44.1 Å². The number of carbonyl (C=O) groups excluding carboxylic acids is 1. The summed E-state index contributed by atoms with van der Waals surface area (Å²) in [5, 5.41) is 4.36.